The van der Waals surface area contributed by atoms with Crippen LogP contribution in [0.1, 0.15) is 39.8 Å². The summed E-state index contributed by atoms with van der Waals surface area (Å²) in [4.78, 5) is 24.5. The maximum Gasteiger partial charge on any atom is 0.233 e. The van der Waals surface area contributed by atoms with Crippen molar-refractivity contribution in [2.45, 2.75) is 48.0 Å². The van der Waals surface area contributed by atoms with E-state index in [1.807, 2.05) is 65.8 Å². The Labute approximate surface area is 149 Å². The molecule has 0 atom stereocenters. The second kappa shape index (κ2) is 7.51. The number of aryl methyl sites for hydroxylation is 6. The minimum absolute atomic E-state index is 0.209. The summed E-state index contributed by atoms with van der Waals surface area (Å²) in [5.41, 5.74) is 7.85. The van der Waals surface area contributed by atoms with Crippen molar-refractivity contribution in [3.05, 3.63) is 57.6 Å². The fourth-order valence-corrected chi connectivity index (χ4v) is 3.27. The van der Waals surface area contributed by atoms with E-state index in [2.05, 4.69) is 10.6 Å². The van der Waals surface area contributed by atoms with Crippen molar-refractivity contribution in [2.75, 3.05) is 10.6 Å². The first kappa shape index (κ1) is 18.7. The maximum atomic E-state index is 12.3. The molecule has 0 aliphatic heterocycles. The van der Waals surface area contributed by atoms with E-state index in [0.29, 0.717) is 0 Å². The van der Waals surface area contributed by atoms with Gasteiger partial charge in [0.05, 0.1) is 0 Å². The van der Waals surface area contributed by atoms with E-state index in [4.69, 9.17) is 0 Å². The molecule has 0 aromatic heterocycles. The van der Waals surface area contributed by atoms with Crippen molar-refractivity contribution in [2.24, 2.45) is 0 Å². The van der Waals surface area contributed by atoms with Crippen LogP contribution in [-0.2, 0) is 9.59 Å². The average Bonchev–Trinajstić information content (AvgIpc) is 2.46. The monoisotopic (exact) mass is 338 g/mol. The average molecular weight is 338 g/mol. The normalized spacial score (nSPS) is 10.5. The highest BCUT2D eigenvalue weighted by Crippen LogP contribution is 2.23. The third-order valence-corrected chi connectivity index (χ3v) is 4.20. The Balaban J connectivity index is 2.06. The first-order valence-electron chi connectivity index (χ1n) is 8.42. The van der Waals surface area contributed by atoms with Crippen LogP contribution in [0.25, 0.3) is 0 Å². The van der Waals surface area contributed by atoms with Gasteiger partial charge in [0.1, 0.15) is 6.42 Å². The molecule has 0 saturated heterocycles. The number of nitrogens with one attached hydrogen (secondary N) is 2. The van der Waals surface area contributed by atoms with Crippen LogP contribution in [0.2, 0.25) is 0 Å². The molecule has 0 fully saturated rings. The Morgan fingerprint density at radius 2 is 0.920 bits per heavy atom. The van der Waals surface area contributed by atoms with Gasteiger partial charge in [0.15, 0.2) is 0 Å². The summed E-state index contributed by atoms with van der Waals surface area (Å²) >= 11 is 0. The predicted octanol–water partition coefficient (Wildman–Crippen LogP) is 4.50. The summed E-state index contributed by atoms with van der Waals surface area (Å²) in [5.74, 6) is -0.620. The van der Waals surface area contributed by atoms with Gasteiger partial charge in [0, 0.05) is 11.4 Å². The molecule has 0 saturated carbocycles. The van der Waals surface area contributed by atoms with Gasteiger partial charge >= 0.3 is 0 Å². The number of anilines is 2. The molecule has 0 radical (unpaired) electrons. The highest BCUT2D eigenvalue weighted by atomic mass is 16.2. The lowest BCUT2D eigenvalue weighted by Crippen LogP contribution is -2.23. The number of amides is 2. The summed E-state index contributed by atoms with van der Waals surface area (Å²) in [6.45, 7) is 11.9. The van der Waals surface area contributed by atoms with E-state index in [0.717, 1.165) is 44.8 Å². The molecule has 2 rings (SSSR count). The molecule has 0 heterocycles. The first-order valence-corrected chi connectivity index (χ1v) is 8.42. The summed E-state index contributed by atoms with van der Waals surface area (Å²) < 4.78 is 0. The fourth-order valence-electron chi connectivity index (χ4n) is 3.27. The van der Waals surface area contributed by atoms with Crippen LogP contribution in [0.5, 0.6) is 0 Å². The Hall–Kier alpha value is -2.62. The smallest absolute Gasteiger partial charge is 0.233 e. The second-order valence-electron chi connectivity index (χ2n) is 6.82. The van der Waals surface area contributed by atoms with Crippen LogP contribution in [-0.4, -0.2) is 11.8 Å². The molecule has 2 amide bonds. The van der Waals surface area contributed by atoms with E-state index in [9.17, 15) is 9.59 Å². The molecular weight excluding hydrogens is 312 g/mol. The number of carbonyl (C=O) groups excluding carboxylic acids is 2. The predicted molar refractivity (Wildman–Crippen MR) is 103 cm³/mol. The molecule has 25 heavy (non-hydrogen) atoms. The molecule has 2 aromatic rings. The molecule has 0 unspecified atom stereocenters. The zero-order valence-corrected chi connectivity index (χ0v) is 15.8. The Morgan fingerprint density at radius 1 is 0.640 bits per heavy atom. The highest BCUT2D eigenvalue weighted by molar-refractivity contribution is 6.08. The summed E-state index contributed by atoms with van der Waals surface area (Å²) in [6.07, 6.45) is -0.209. The van der Waals surface area contributed by atoms with E-state index in [1.54, 1.807) is 0 Å². The molecule has 0 bridgehead atoms. The summed E-state index contributed by atoms with van der Waals surface area (Å²) in [5, 5.41) is 5.72. The van der Waals surface area contributed by atoms with Crippen molar-refractivity contribution in [1.82, 2.24) is 0 Å². The van der Waals surface area contributed by atoms with E-state index >= 15 is 0 Å². The minimum atomic E-state index is -0.310. The van der Waals surface area contributed by atoms with Crippen LogP contribution in [0.15, 0.2) is 24.3 Å². The van der Waals surface area contributed by atoms with Crippen LogP contribution >= 0.6 is 0 Å². The van der Waals surface area contributed by atoms with E-state index in [-0.39, 0.29) is 18.2 Å². The second-order valence-corrected chi connectivity index (χ2v) is 6.82. The topological polar surface area (TPSA) is 58.2 Å². The molecule has 0 aliphatic rings. The van der Waals surface area contributed by atoms with Crippen molar-refractivity contribution in [1.29, 1.82) is 0 Å². The number of hydrogen-bond acceptors (Lipinski definition) is 2. The van der Waals surface area contributed by atoms with Crippen molar-refractivity contribution in [3.8, 4) is 0 Å². The lowest BCUT2D eigenvalue weighted by atomic mass is 10.0. The lowest BCUT2D eigenvalue weighted by molar-refractivity contribution is -0.123. The zero-order chi connectivity index (χ0) is 18.7. The van der Waals surface area contributed by atoms with Gasteiger partial charge in [-0.25, -0.2) is 0 Å². The SMILES string of the molecule is Cc1cc(C)c(NC(=O)CC(=O)Nc2c(C)cc(C)cc2C)c(C)c1. The van der Waals surface area contributed by atoms with Gasteiger partial charge in [-0.1, -0.05) is 35.4 Å². The van der Waals surface area contributed by atoms with E-state index < -0.39 is 0 Å². The standard InChI is InChI=1S/C21H26N2O2/c1-12-7-14(3)20(15(4)8-12)22-18(24)11-19(25)23-21-16(5)9-13(2)10-17(21)6/h7-10H,11H2,1-6H3,(H,22,24)(H,23,25). The third kappa shape index (κ3) is 4.69. The lowest BCUT2D eigenvalue weighted by Gasteiger charge is -2.14. The van der Waals surface area contributed by atoms with Crippen LogP contribution in [0, 0.1) is 41.5 Å². The quantitative estimate of drug-likeness (QED) is 0.806. The molecule has 132 valence electrons. The number of carbonyl (C=O) groups is 2. The number of rotatable bonds is 4. The highest BCUT2D eigenvalue weighted by Gasteiger charge is 2.14. The Kier molecular flexibility index (Phi) is 5.62. The Bertz CT molecular complexity index is 722. The van der Waals surface area contributed by atoms with Gasteiger partial charge < -0.3 is 10.6 Å². The van der Waals surface area contributed by atoms with Gasteiger partial charge in [-0.3, -0.25) is 9.59 Å². The molecule has 2 aromatic carbocycles. The van der Waals surface area contributed by atoms with Gasteiger partial charge in [-0.15, -0.1) is 0 Å². The van der Waals surface area contributed by atoms with Crippen molar-refractivity contribution in [3.63, 3.8) is 0 Å². The van der Waals surface area contributed by atoms with Gasteiger partial charge in [0.2, 0.25) is 11.8 Å². The molecule has 0 spiro atoms. The zero-order valence-electron chi connectivity index (χ0n) is 15.8. The summed E-state index contributed by atoms with van der Waals surface area (Å²) in [7, 11) is 0. The van der Waals surface area contributed by atoms with Crippen molar-refractivity contribution >= 4 is 23.2 Å². The molecule has 0 aliphatic carbocycles. The summed E-state index contributed by atoms with van der Waals surface area (Å²) in [6, 6.07) is 8.06. The molecule has 4 heteroatoms. The van der Waals surface area contributed by atoms with Crippen LogP contribution < -0.4 is 10.6 Å². The first-order chi connectivity index (χ1) is 11.7. The van der Waals surface area contributed by atoms with Crippen molar-refractivity contribution < 1.29 is 9.59 Å². The minimum Gasteiger partial charge on any atom is -0.325 e. The number of hydrogen-bond donors (Lipinski definition) is 2. The molecule has 2 N–H and O–H groups in total. The number of benzene rings is 2. The van der Waals surface area contributed by atoms with Gasteiger partial charge in [-0.05, 0) is 63.8 Å². The van der Waals surface area contributed by atoms with Gasteiger partial charge in [-0.2, -0.15) is 0 Å². The van der Waals surface area contributed by atoms with Crippen LogP contribution in [0.4, 0.5) is 11.4 Å². The fraction of sp³-hybridized carbons (Fsp3) is 0.333. The van der Waals surface area contributed by atoms with Crippen LogP contribution in [0.3, 0.4) is 0 Å². The third-order valence-electron chi connectivity index (χ3n) is 4.20. The Morgan fingerprint density at radius 3 is 1.20 bits per heavy atom. The molecular formula is C21H26N2O2. The largest absolute Gasteiger partial charge is 0.325 e. The molecule has 4 nitrogen and oxygen atoms in total. The van der Waals surface area contributed by atoms with Gasteiger partial charge in [0.25, 0.3) is 0 Å². The van der Waals surface area contributed by atoms with E-state index in [1.165, 1.54) is 0 Å². The maximum absolute atomic E-state index is 12.3.